The molecule has 0 aromatic rings. The molecule has 7 nitrogen and oxygen atoms in total. The number of carbonyl (C=O) groups is 3. The molecule has 1 saturated carbocycles. The van der Waals surface area contributed by atoms with Crippen molar-refractivity contribution in [1.82, 2.24) is 15.5 Å². The third kappa shape index (κ3) is 4.42. The molecule has 0 heterocycles. The molecule has 0 spiro atoms. The van der Waals surface area contributed by atoms with E-state index in [2.05, 4.69) is 10.6 Å². The number of nitrogens with one attached hydrogen (secondary N) is 2. The van der Waals surface area contributed by atoms with Crippen LogP contribution in [0.3, 0.4) is 0 Å². The molecule has 108 valence electrons. The summed E-state index contributed by atoms with van der Waals surface area (Å²) < 4.78 is 0. The van der Waals surface area contributed by atoms with Crippen molar-refractivity contribution in [1.29, 1.82) is 0 Å². The normalized spacial score (nSPS) is 21.8. The van der Waals surface area contributed by atoms with Crippen LogP contribution >= 0.6 is 0 Å². The number of carboxylic acid groups (broad SMARTS) is 1. The first-order chi connectivity index (χ1) is 8.97. The summed E-state index contributed by atoms with van der Waals surface area (Å²) in [6, 6.07) is -0.436. The minimum atomic E-state index is -0.811. The van der Waals surface area contributed by atoms with E-state index in [4.69, 9.17) is 5.11 Å². The van der Waals surface area contributed by atoms with Crippen molar-refractivity contribution in [3.8, 4) is 0 Å². The smallest absolute Gasteiger partial charge is 0.318 e. The molecular formula is C12H21N3O4. The van der Waals surface area contributed by atoms with E-state index >= 15 is 0 Å². The highest BCUT2D eigenvalue weighted by molar-refractivity contribution is 5.84. The molecule has 19 heavy (non-hydrogen) atoms. The fourth-order valence-corrected chi connectivity index (χ4v) is 2.18. The lowest BCUT2D eigenvalue weighted by Gasteiger charge is -2.23. The maximum atomic E-state index is 11.9. The van der Waals surface area contributed by atoms with Gasteiger partial charge in [0, 0.05) is 19.6 Å². The van der Waals surface area contributed by atoms with Gasteiger partial charge in [-0.05, 0) is 26.2 Å². The number of carboxylic acids is 1. The summed E-state index contributed by atoms with van der Waals surface area (Å²) in [5, 5.41) is 14.1. The van der Waals surface area contributed by atoms with Crippen LogP contribution in [0.25, 0.3) is 0 Å². The molecule has 1 aliphatic carbocycles. The van der Waals surface area contributed by atoms with Crippen LogP contribution < -0.4 is 10.6 Å². The number of rotatable bonds is 5. The van der Waals surface area contributed by atoms with Crippen LogP contribution in [0.1, 0.15) is 26.2 Å². The van der Waals surface area contributed by atoms with Crippen LogP contribution in [0.2, 0.25) is 0 Å². The molecule has 0 aromatic heterocycles. The van der Waals surface area contributed by atoms with E-state index in [-0.39, 0.29) is 30.4 Å². The Morgan fingerprint density at radius 2 is 2.00 bits per heavy atom. The van der Waals surface area contributed by atoms with E-state index < -0.39 is 5.97 Å². The molecule has 0 radical (unpaired) electrons. The second kappa shape index (κ2) is 6.96. The van der Waals surface area contributed by atoms with Gasteiger partial charge < -0.3 is 20.6 Å². The summed E-state index contributed by atoms with van der Waals surface area (Å²) in [6.07, 6.45) is 1.71. The highest BCUT2D eigenvalue weighted by Crippen LogP contribution is 2.25. The number of hydrogen-bond donors (Lipinski definition) is 3. The topological polar surface area (TPSA) is 98.7 Å². The zero-order valence-corrected chi connectivity index (χ0v) is 11.3. The largest absolute Gasteiger partial charge is 0.481 e. The zero-order valence-electron chi connectivity index (χ0n) is 11.3. The van der Waals surface area contributed by atoms with Crippen molar-refractivity contribution in [2.75, 3.05) is 20.1 Å². The second-order valence-corrected chi connectivity index (χ2v) is 4.68. The average Bonchev–Trinajstić information content (AvgIpc) is 2.84. The van der Waals surface area contributed by atoms with E-state index in [9.17, 15) is 14.4 Å². The lowest BCUT2D eigenvalue weighted by Crippen LogP contribution is -2.47. The SMILES string of the molecule is CCN(CC(=O)NC)C(=O)NC1CCC(C(=O)O)C1. The van der Waals surface area contributed by atoms with Crippen LogP contribution in [0.4, 0.5) is 4.79 Å². The number of aliphatic carboxylic acids is 1. The number of amides is 3. The molecule has 1 aliphatic rings. The van der Waals surface area contributed by atoms with Crippen molar-refractivity contribution in [2.45, 2.75) is 32.2 Å². The maximum absolute atomic E-state index is 11.9. The zero-order chi connectivity index (χ0) is 14.4. The highest BCUT2D eigenvalue weighted by atomic mass is 16.4. The minimum Gasteiger partial charge on any atom is -0.481 e. The van der Waals surface area contributed by atoms with Crippen molar-refractivity contribution in [2.24, 2.45) is 5.92 Å². The van der Waals surface area contributed by atoms with Gasteiger partial charge >= 0.3 is 12.0 Å². The molecule has 0 saturated heterocycles. The molecule has 0 aliphatic heterocycles. The second-order valence-electron chi connectivity index (χ2n) is 4.68. The Morgan fingerprint density at radius 3 is 2.47 bits per heavy atom. The number of carbonyl (C=O) groups excluding carboxylic acids is 2. The van der Waals surface area contributed by atoms with Gasteiger partial charge in [-0.25, -0.2) is 4.79 Å². The minimum absolute atomic E-state index is 0.00785. The molecular weight excluding hydrogens is 250 g/mol. The van der Waals surface area contributed by atoms with Gasteiger partial charge in [-0.1, -0.05) is 0 Å². The van der Waals surface area contributed by atoms with E-state index in [1.54, 1.807) is 6.92 Å². The summed E-state index contributed by atoms with van der Waals surface area (Å²) in [6.45, 7) is 2.22. The molecule has 0 bridgehead atoms. The predicted octanol–water partition coefficient (Wildman–Crippen LogP) is 0.0172. The third-order valence-electron chi connectivity index (χ3n) is 3.39. The van der Waals surface area contributed by atoms with Crippen LogP contribution in [-0.2, 0) is 9.59 Å². The molecule has 1 fully saturated rings. The average molecular weight is 271 g/mol. The van der Waals surface area contributed by atoms with Crippen LogP contribution in [0, 0.1) is 5.92 Å². The van der Waals surface area contributed by atoms with Crippen molar-refractivity contribution >= 4 is 17.9 Å². The Balaban J connectivity index is 2.45. The van der Waals surface area contributed by atoms with Crippen LogP contribution in [0.5, 0.6) is 0 Å². The van der Waals surface area contributed by atoms with E-state index in [1.165, 1.54) is 11.9 Å². The summed E-state index contributed by atoms with van der Waals surface area (Å²) in [4.78, 5) is 35.4. The van der Waals surface area contributed by atoms with Gasteiger partial charge in [0.15, 0.2) is 0 Å². The number of urea groups is 1. The monoisotopic (exact) mass is 271 g/mol. The molecule has 7 heteroatoms. The van der Waals surface area contributed by atoms with Gasteiger partial charge in [-0.2, -0.15) is 0 Å². The maximum Gasteiger partial charge on any atom is 0.318 e. The first-order valence-electron chi connectivity index (χ1n) is 6.46. The quantitative estimate of drug-likeness (QED) is 0.656. The number of nitrogens with zero attached hydrogens (tertiary/aromatic N) is 1. The summed E-state index contributed by atoms with van der Waals surface area (Å²) >= 11 is 0. The Hall–Kier alpha value is -1.79. The molecule has 0 aromatic carbocycles. The summed E-state index contributed by atoms with van der Waals surface area (Å²) in [5.41, 5.74) is 0. The molecule has 3 amide bonds. The van der Waals surface area contributed by atoms with E-state index in [1.807, 2.05) is 0 Å². The van der Waals surface area contributed by atoms with Crippen molar-refractivity contribution < 1.29 is 19.5 Å². The lowest BCUT2D eigenvalue weighted by molar-refractivity contribution is -0.141. The first kappa shape index (κ1) is 15.3. The molecule has 1 rings (SSSR count). The molecule has 2 unspecified atom stereocenters. The van der Waals surface area contributed by atoms with E-state index in [0.717, 1.165) is 0 Å². The summed E-state index contributed by atoms with van der Waals surface area (Å²) in [7, 11) is 1.52. The van der Waals surface area contributed by atoms with Gasteiger partial charge in [-0.15, -0.1) is 0 Å². The van der Waals surface area contributed by atoms with Gasteiger partial charge in [-0.3, -0.25) is 9.59 Å². The van der Waals surface area contributed by atoms with Gasteiger partial charge in [0.1, 0.15) is 6.54 Å². The number of hydrogen-bond acceptors (Lipinski definition) is 3. The fourth-order valence-electron chi connectivity index (χ4n) is 2.18. The van der Waals surface area contributed by atoms with Gasteiger partial charge in [0.05, 0.1) is 5.92 Å². The van der Waals surface area contributed by atoms with Gasteiger partial charge in [0.2, 0.25) is 5.91 Å². The van der Waals surface area contributed by atoms with Crippen molar-refractivity contribution in [3.63, 3.8) is 0 Å². The van der Waals surface area contributed by atoms with E-state index in [0.29, 0.717) is 25.8 Å². The predicted molar refractivity (Wildman–Crippen MR) is 68.6 cm³/mol. The van der Waals surface area contributed by atoms with Crippen LogP contribution in [-0.4, -0.2) is 54.1 Å². The highest BCUT2D eigenvalue weighted by Gasteiger charge is 2.31. The van der Waals surface area contributed by atoms with Gasteiger partial charge in [0.25, 0.3) is 0 Å². The Kier molecular flexibility index (Phi) is 5.59. The molecule has 3 N–H and O–H groups in total. The third-order valence-corrected chi connectivity index (χ3v) is 3.39. The lowest BCUT2D eigenvalue weighted by atomic mass is 10.1. The Labute approximate surface area is 112 Å². The fraction of sp³-hybridized carbons (Fsp3) is 0.750. The Bertz CT molecular complexity index is 359. The number of likely N-dealkylation sites (N-methyl/N-ethyl adjacent to an activating group) is 2. The molecule has 2 atom stereocenters. The first-order valence-corrected chi connectivity index (χ1v) is 6.46. The van der Waals surface area contributed by atoms with Crippen LogP contribution in [0.15, 0.2) is 0 Å². The summed E-state index contributed by atoms with van der Waals surface area (Å²) in [5.74, 6) is -1.42. The Morgan fingerprint density at radius 1 is 1.32 bits per heavy atom. The van der Waals surface area contributed by atoms with Crippen molar-refractivity contribution in [3.05, 3.63) is 0 Å². The standard InChI is InChI=1S/C12H21N3O4/c1-3-15(7-10(16)13-2)12(19)14-9-5-4-8(6-9)11(17)18/h8-9H,3-7H2,1-2H3,(H,13,16)(H,14,19)(H,17,18).